The van der Waals surface area contributed by atoms with Gasteiger partial charge in [-0.2, -0.15) is 0 Å². The van der Waals surface area contributed by atoms with Gasteiger partial charge < -0.3 is 9.84 Å². The zero-order valence-electron chi connectivity index (χ0n) is 10.7. The Labute approximate surface area is 117 Å². The van der Waals surface area contributed by atoms with Crippen LogP contribution in [0.5, 0.6) is 0 Å². The van der Waals surface area contributed by atoms with Crippen LogP contribution in [0, 0.1) is 0 Å². The van der Waals surface area contributed by atoms with Gasteiger partial charge in [-0.1, -0.05) is 61.2 Å². The summed E-state index contributed by atoms with van der Waals surface area (Å²) < 4.78 is 4.10. The second kappa shape index (κ2) is 8.26. The fourth-order valence-electron chi connectivity index (χ4n) is 1.33. The Balaban J connectivity index is 2.87. The molecule has 0 atom stereocenters. The quantitative estimate of drug-likeness (QED) is 0.384. The number of carbonyl (C=O) groups excluding carboxylic acids is 1. The smallest absolute Gasteiger partial charge is 0.449 e. The number of carbonyl (C=O) groups is 2. The Hall–Kier alpha value is -2.88. The van der Waals surface area contributed by atoms with E-state index in [-0.39, 0.29) is 5.57 Å². The van der Waals surface area contributed by atoms with Crippen molar-refractivity contribution in [2.45, 2.75) is 0 Å². The van der Waals surface area contributed by atoms with Crippen molar-refractivity contribution < 1.29 is 19.4 Å². The molecule has 0 saturated heterocycles. The molecule has 0 radical (unpaired) electrons. The normalized spacial score (nSPS) is 11.7. The molecule has 0 aliphatic rings. The molecule has 0 aliphatic carbocycles. The molecule has 102 valence electrons. The molecular weight excluding hydrogens is 256 g/mol. The largest absolute Gasteiger partial charge is 0.513 e. The number of esters is 1. The molecule has 0 amide bonds. The molecule has 0 aliphatic heterocycles. The number of benzene rings is 1. The predicted octanol–water partition coefficient (Wildman–Crippen LogP) is 3.59. The summed E-state index contributed by atoms with van der Waals surface area (Å²) in [6, 6.07) is 9.48. The molecule has 1 aromatic carbocycles. The highest BCUT2D eigenvalue weighted by atomic mass is 16.7. The third-order valence-electron chi connectivity index (χ3n) is 2.19. The van der Waals surface area contributed by atoms with Crippen molar-refractivity contribution in [3.8, 4) is 0 Å². The molecule has 0 spiro atoms. The Kier molecular flexibility index (Phi) is 6.27. The van der Waals surface area contributed by atoms with E-state index < -0.39 is 12.1 Å². The first-order chi connectivity index (χ1) is 9.63. The van der Waals surface area contributed by atoms with Gasteiger partial charge in [-0.25, -0.2) is 9.59 Å². The van der Waals surface area contributed by atoms with Crippen LogP contribution in [0.3, 0.4) is 0 Å². The lowest BCUT2D eigenvalue weighted by atomic mass is 10.2. The average Bonchev–Trinajstić information content (AvgIpc) is 2.43. The summed E-state index contributed by atoms with van der Waals surface area (Å²) in [6.07, 6.45) is 7.68. The predicted molar refractivity (Wildman–Crippen MR) is 77.0 cm³/mol. The van der Waals surface area contributed by atoms with E-state index in [2.05, 4.69) is 11.3 Å². The first-order valence-corrected chi connectivity index (χ1v) is 5.81. The second-order valence-corrected chi connectivity index (χ2v) is 3.64. The average molecular weight is 270 g/mol. The maximum atomic E-state index is 11.5. The van der Waals surface area contributed by atoms with Crippen LogP contribution in [-0.4, -0.2) is 17.2 Å². The summed E-state index contributed by atoms with van der Waals surface area (Å²) >= 11 is 0. The lowest BCUT2D eigenvalue weighted by Gasteiger charge is -1.98. The monoisotopic (exact) mass is 270 g/mol. The van der Waals surface area contributed by atoms with Crippen LogP contribution < -0.4 is 0 Å². The summed E-state index contributed by atoms with van der Waals surface area (Å²) in [5.74, 6) is -0.937. The minimum absolute atomic E-state index is 0.111. The molecule has 1 N–H and O–H groups in total. The van der Waals surface area contributed by atoms with E-state index in [0.717, 1.165) is 5.56 Å². The molecule has 4 nitrogen and oxygen atoms in total. The van der Waals surface area contributed by atoms with Crippen molar-refractivity contribution >= 4 is 18.2 Å². The SMILES string of the molecule is C=CC=CC(=CC=Cc1ccccc1)C(=O)OC(=O)O. The van der Waals surface area contributed by atoms with E-state index in [1.54, 1.807) is 12.2 Å². The standard InChI is InChI=1S/C16H14O4/c1-2-3-11-14(15(17)20-16(18)19)12-7-10-13-8-5-4-6-9-13/h2-12H,1H2,(H,18,19). The van der Waals surface area contributed by atoms with Gasteiger partial charge in [0.1, 0.15) is 0 Å². The molecule has 0 saturated carbocycles. The number of hydrogen-bond acceptors (Lipinski definition) is 3. The van der Waals surface area contributed by atoms with Gasteiger partial charge >= 0.3 is 12.1 Å². The number of carboxylic acid groups (broad SMARTS) is 1. The third-order valence-corrected chi connectivity index (χ3v) is 2.19. The minimum atomic E-state index is -1.64. The lowest BCUT2D eigenvalue weighted by molar-refractivity contribution is -0.134. The van der Waals surface area contributed by atoms with Gasteiger partial charge in [-0.05, 0) is 17.7 Å². The summed E-state index contributed by atoms with van der Waals surface area (Å²) in [4.78, 5) is 21.9. The molecule has 1 aromatic rings. The molecule has 0 bridgehead atoms. The summed E-state index contributed by atoms with van der Waals surface area (Å²) in [6.45, 7) is 3.48. The van der Waals surface area contributed by atoms with Gasteiger partial charge in [-0.3, -0.25) is 0 Å². The zero-order chi connectivity index (χ0) is 14.8. The Bertz CT molecular complexity index is 565. The molecule has 0 heterocycles. The van der Waals surface area contributed by atoms with E-state index >= 15 is 0 Å². The lowest BCUT2D eigenvalue weighted by Crippen LogP contribution is -2.11. The van der Waals surface area contributed by atoms with Gasteiger partial charge in [0, 0.05) is 0 Å². The molecule has 0 unspecified atom stereocenters. The summed E-state index contributed by atoms with van der Waals surface area (Å²) in [5, 5.41) is 8.43. The minimum Gasteiger partial charge on any atom is -0.449 e. The van der Waals surface area contributed by atoms with Gasteiger partial charge in [0.25, 0.3) is 0 Å². The maximum Gasteiger partial charge on any atom is 0.513 e. The molecule has 1 rings (SSSR count). The van der Waals surface area contributed by atoms with E-state index in [4.69, 9.17) is 5.11 Å². The fourth-order valence-corrected chi connectivity index (χ4v) is 1.33. The van der Waals surface area contributed by atoms with Crippen LogP contribution in [-0.2, 0) is 9.53 Å². The fraction of sp³-hybridized carbons (Fsp3) is 0. The second-order valence-electron chi connectivity index (χ2n) is 3.64. The topological polar surface area (TPSA) is 63.6 Å². The molecule has 0 fully saturated rings. The number of hydrogen-bond donors (Lipinski definition) is 1. The van der Waals surface area contributed by atoms with E-state index in [9.17, 15) is 9.59 Å². The zero-order valence-corrected chi connectivity index (χ0v) is 10.7. The van der Waals surface area contributed by atoms with Crippen LogP contribution in [0.1, 0.15) is 5.56 Å². The van der Waals surface area contributed by atoms with Crippen molar-refractivity contribution in [3.05, 3.63) is 78.4 Å². The maximum absolute atomic E-state index is 11.5. The van der Waals surface area contributed by atoms with E-state index in [1.165, 1.54) is 24.3 Å². The first-order valence-electron chi connectivity index (χ1n) is 5.81. The van der Waals surface area contributed by atoms with Crippen molar-refractivity contribution in [2.24, 2.45) is 0 Å². The Morgan fingerprint density at radius 3 is 2.45 bits per heavy atom. The van der Waals surface area contributed by atoms with Crippen LogP contribution in [0.2, 0.25) is 0 Å². The van der Waals surface area contributed by atoms with Crippen LogP contribution in [0.25, 0.3) is 6.08 Å². The first kappa shape index (κ1) is 15.2. The van der Waals surface area contributed by atoms with Crippen LogP contribution >= 0.6 is 0 Å². The molecule has 20 heavy (non-hydrogen) atoms. The Morgan fingerprint density at radius 2 is 1.85 bits per heavy atom. The highest BCUT2D eigenvalue weighted by Gasteiger charge is 2.11. The Morgan fingerprint density at radius 1 is 1.15 bits per heavy atom. The van der Waals surface area contributed by atoms with Crippen molar-refractivity contribution in [1.82, 2.24) is 0 Å². The van der Waals surface area contributed by atoms with Gasteiger partial charge in [0.2, 0.25) is 0 Å². The molecule has 4 heteroatoms. The van der Waals surface area contributed by atoms with Crippen molar-refractivity contribution in [1.29, 1.82) is 0 Å². The summed E-state index contributed by atoms with van der Waals surface area (Å²) in [5.41, 5.74) is 1.07. The molecular formula is C16H14O4. The third kappa shape index (κ3) is 5.64. The highest BCUT2D eigenvalue weighted by molar-refractivity contribution is 5.97. The van der Waals surface area contributed by atoms with Gasteiger partial charge in [-0.15, -0.1) is 0 Å². The van der Waals surface area contributed by atoms with Crippen LogP contribution in [0.15, 0.2) is 72.9 Å². The molecule has 0 aromatic heterocycles. The number of rotatable bonds is 5. The number of allylic oxidation sites excluding steroid dienone is 4. The van der Waals surface area contributed by atoms with E-state index in [0.29, 0.717) is 0 Å². The van der Waals surface area contributed by atoms with E-state index in [1.807, 2.05) is 30.3 Å². The van der Waals surface area contributed by atoms with Crippen molar-refractivity contribution in [3.63, 3.8) is 0 Å². The van der Waals surface area contributed by atoms with Gasteiger partial charge in [0.15, 0.2) is 0 Å². The highest BCUT2D eigenvalue weighted by Crippen LogP contribution is 2.05. The van der Waals surface area contributed by atoms with Gasteiger partial charge in [0.05, 0.1) is 5.57 Å². The summed E-state index contributed by atoms with van der Waals surface area (Å²) in [7, 11) is 0. The number of ether oxygens (including phenoxy) is 1. The van der Waals surface area contributed by atoms with Crippen LogP contribution in [0.4, 0.5) is 4.79 Å². The van der Waals surface area contributed by atoms with Crippen molar-refractivity contribution in [2.75, 3.05) is 0 Å².